The first kappa shape index (κ1) is 16.6. The zero-order valence-electron chi connectivity index (χ0n) is 15.5. The summed E-state index contributed by atoms with van der Waals surface area (Å²) in [4.78, 5) is 7.43. The molecule has 134 valence electrons. The third kappa shape index (κ3) is 3.41. The molecule has 1 aliphatic heterocycles. The topological polar surface area (TPSA) is 33.1 Å². The van der Waals surface area contributed by atoms with Gasteiger partial charge < -0.3 is 9.88 Å². The highest BCUT2D eigenvalue weighted by Crippen LogP contribution is 2.56. The van der Waals surface area contributed by atoms with Crippen molar-refractivity contribution in [2.45, 2.75) is 64.5 Å². The Bertz CT molecular complexity index is 546. The molecular formula is C20H34N4. The van der Waals surface area contributed by atoms with Crippen LogP contribution in [0.2, 0.25) is 0 Å². The number of aromatic nitrogens is 2. The molecule has 0 aromatic carbocycles. The van der Waals surface area contributed by atoms with Gasteiger partial charge in [0, 0.05) is 32.0 Å². The number of hydrogen-bond acceptors (Lipinski definition) is 3. The van der Waals surface area contributed by atoms with Gasteiger partial charge in [-0.05, 0) is 62.4 Å². The second-order valence-electron chi connectivity index (χ2n) is 8.85. The highest BCUT2D eigenvalue weighted by atomic mass is 15.2. The summed E-state index contributed by atoms with van der Waals surface area (Å²) in [6.45, 7) is 7.20. The summed E-state index contributed by atoms with van der Waals surface area (Å²) in [7, 11) is 2.14. The predicted octanol–water partition coefficient (Wildman–Crippen LogP) is 3.19. The summed E-state index contributed by atoms with van der Waals surface area (Å²) < 4.78 is 2.20. The Hall–Kier alpha value is -0.870. The van der Waals surface area contributed by atoms with Crippen LogP contribution in [0.25, 0.3) is 0 Å². The SMILES string of the molecule is CC1CCCC(CN(Cc2nccn2C)C2CC23CCNCC3)C1. The monoisotopic (exact) mass is 330 g/mol. The molecule has 3 fully saturated rings. The summed E-state index contributed by atoms with van der Waals surface area (Å²) in [5, 5.41) is 3.55. The van der Waals surface area contributed by atoms with Crippen LogP contribution in [-0.4, -0.2) is 40.1 Å². The molecule has 1 spiro atoms. The smallest absolute Gasteiger partial charge is 0.122 e. The van der Waals surface area contributed by atoms with Crippen LogP contribution < -0.4 is 5.32 Å². The first-order valence-corrected chi connectivity index (χ1v) is 10.1. The van der Waals surface area contributed by atoms with Gasteiger partial charge in [0.25, 0.3) is 0 Å². The fraction of sp³-hybridized carbons (Fsp3) is 0.850. The van der Waals surface area contributed by atoms with Crippen molar-refractivity contribution >= 4 is 0 Å². The standard InChI is InChI=1S/C20H34N4/c1-16-4-3-5-17(12-16)14-24(15-19-22-10-11-23(19)2)18-13-20(18)6-8-21-9-7-20/h10-11,16-18,21H,3-9,12-15H2,1-2H3. The average Bonchev–Trinajstić information content (AvgIpc) is 3.10. The molecule has 4 nitrogen and oxygen atoms in total. The van der Waals surface area contributed by atoms with E-state index in [0.29, 0.717) is 5.41 Å². The summed E-state index contributed by atoms with van der Waals surface area (Å²) >= 11 is 0. The molecule has 2 aliphatic carbocycles. The lowest BCUT2D eigenvalue weighted by molar-refractivity contribution is 0.137. The minimum Gasteiger partial charge on any atom is -0.337 e. The molecule has 24 heavy (non-hydrogen) atoms. The van der Waals surface area contributed by atoms with Crippen LogP contribution in [0.15, 0.2) is 12.4 Å². The van der Waals surface area contributed by atoms with E-state index in [9.17, 15) is 0 Å². The first-order chi connectivity index (χ1) is 11.7. The Kier molecular flexibility index (Phi) is 4.70. The molecule has 1 aromatic rings. The van der Waals surface area contributed by atoms with Gasteiger partial charge in [-0.25, -0.2) is 4.98 Å². The summed E-state index contributed by atoms with van der Waals surface area (Å²) in [5.74, 6) is 3.05. The van der Waals surface area contributed by atoms with Crippen LogP contribution in [0.5, 0.6) is 0 Å². The molecule has 3 atom stereocenters. The number of piperidine rings is 1. The Morgan fingerprint density at radius 3 is 2.88 bits per heavy atom. The van der Waals surface area contributed by atoms with Gasteiger partial charge in [-0.1, -0.05) is 19.8 Å². The lowest BCUT2D eigenvalue weighted by atomic mass is 9.82. The van der Waals surface area contributed by atoms with Gasteiger partial charge in [0.2, 0.25) is 0 Å². The quantitative estimate of drug-likeness (QED) is 0.900. The summed E-state index contributed by atoms with van der Waals surface area (Å²) in [5.41, 5.74) is 0.622. The number of nitrogens with one attached hydrogen (secondary N) is 1. The minimum absolute atomic E-state index is 0.622. The number of imidazole rings is 1. The highest BCUT2D eigenvalue weighted by molar-refractivity contribution is 5.11. The van der Waals surface area contributed by atoms with Gasteiger partial charge in [0.15, 0.2) is 0 Å². The van der Waals surface area contributed by atoms with Gasteiger partial charge in [0.1, 0.15) is 5.82 Å². The van der Waals surface area contributed by atoms with Crippen molar-refractivity contribution in [1.82, 2.24) is 19.8 Å². The van der Waals surface area contributed by atoms with Crippen LogP contribution in [-0.2, 0) is 13.6 Å². The van der Waals surface area contributed by atoms with E-state index in [-0.39, 0.29) is 0 Å². The van der Waals surface area contributed by atoms with Crippen molar-refractivity contribution < 1.29 is 0 Å². The molecule has 3 unspecified atom stereocenters. The molecule has 0 bridgehead atoms. The first-order valence-electron chi connectivity index (χ1n) is 10.1. The number of nitrogens with zero attached hydrogens (tertiary/aromatic N) is 3. The fourth-order valence-electron chi connectivity index (χ4n) is 5.39. The van der Waals surface area contributed by atoms with E-state index < -0.39 is 0 Å². The highest BCUT2D eigenvalue weighted by Gasteiger charge is 2.56. The van der Waals surface area contributed by atoms with E-state index in [1.165, 1.54) is 70.4 Å². The molecule has 1 saturated heterocycles. The van der Waals surface area contributed by atoms with Crippen molar-refractivity contribution in [1.29, 1.82) is 0 Å². The predicted molar refractivity (Wildman–Crippen MR) is 97.7 cm³/mol. The molecular weight excluding hydrogens is 296 g/mol. The van der Waals surface area contributed by atoms with Crippen LogP contribution in [0.4, 0.5) is 0 Å². The van der Waals surface area contributed by atoms with Crippen LogP contribution in [0.1, 0.15) is 57.7 Å². The lowest BCUT2D eigenvalue weighted by Gasteiger charge is -2.34. The minimum atomic E-state index is 0.622. The molecule has 2 heterocycles. The van der Waals surface area contributed by atoms with Gasteiger partial charge in [-0.3, -0.25) is 4.90 Å². The van der Waals surface area contributed by atoms with Crippen molar-refractivity contribution in [3.05, 3.63) is 18.2 Å². The van der Waals surface area contributed by atoms with Gasteiger partial charge >= 0.3 is 0 Å². The van der Waals surface area contributed by atoms with Crippen molar-refractivity contribution in [3.8, 4) is 0 Å². The van der Waals surface area contributed by atoms with Gasteiger partial charge in [-0.15, -0.1) is 0 Å². The maximum absolute atomic E-state index is 4.62. The molecule has 4 heteroatoms. The van der Waals surface area contributed by atoms with E-state index in [2.05, 4.69) is 39.9 Å². The molecule has 1 aromatic heterocycles. The summed E-state index contributed by atoms with van der Waals surface area (Å²) in [6.07, 6.45) is 13.9. The maximum atomic E-state index is 4.62. The molecule has 4 rings (SSSR count). The Morgan fingerprint density at radius 2 is 2.17 bits per heavy atom. The molecule has 3 aliphatic rings. The Morgan fingerprint density at radius 1 is 1.33 bits per heavy atom. The van der Waals surface area contributed by atoms with Crippen molar-refractivity contribution in [2.75, 3.05) is 19.6 Å². The molecule has 0 radical (unpaired) electrons. The zero-order chi connectivity index (χ0) is 16.6. The van der Waals surface area contributed by atoms with Crippen LogP contribution in [0, 0.1) is 17.3 Å². The number of aryl methyl sites for hydroxylation is 1. The molecule has 0 amide bonds. The number of rotatable bonds is 5. The second-order valence-corrected chi connectivity index (χ2v) is 8.85. The van der Waals surface area contributed by atoms with Gasteiger partial charge in [-0.2, -0.15) is 0 Å². The van der Waals surface area contributed by atoms with E-state index in [4.69, 9.17) is 0 Å². The third-order valence-electron chi connectivity index (χ3n) is 6.99. The van der Waals surface area contributed by atoms with E-state index in [1.54, 1.807) is 0 Å². The Labute approximate surface area is 147 Å². The molecule has 1 N–H and O–H groups in total. The summed E-state index contributed by atoms with van der Waals surface area (Å²) in [6, 6.07) is 0.800. The number of hydrogen-bond donors (Lipinski definition) is 1. The van der Waals surface area contributed by atoms with Crippen LogP contribution >= 0.6 is 0 Å². The van der Waals surface area contributed by atoms with E-state index in [0.717, 1.165) is 24.4 Å². The average molecular weight is 331 g/mol. The normalized spacial score (nSPS) is 32.4. The van der Waals surface area contributed by atoms with Crippen molar-refractivity contribution in [3.63, 3.8) is 0 Å². The van der Waals surface area contributed by atoms with E-state index >= 15 is 0 Å². The van der Waals surface area contributed by atoms with E-state index in [1.807, 2.05) is 6.20 Å². The largest absolute Gasteiger partial charge is 0.337 e. The van der Waals surface area contributed by atoms with Gasteiger partial charge in [0.05, 0.1) is 6.54 Å². The third-order valence-corrected chi connectivity index (χ3v) is 6.99. The van der Waals surface area contributed by atoms with Crippen LogP contribution in [0.3, 0.4) is 0 Å². The van der Waals surface area contributed by atoms with Crippen molar-refractivity contribution in [2.24, 2.45) is 24.3 Å². The second kappa shape index (κ2) is 6.80. The fourth-order valence-corrected chi connectivity index (χ4v) is 5.39. The lowest BCUT2D eigenvalue weighted by Crippen LogP contribution is -2.39. The molecule has 2 saturated carbocycles. The maximum Gasteiger partial charge on any atom is 0.122 e. The zero-order valence-corrected chi connectivity index (χ0v) is 15.5. The Balaban J connectivity index is 1.46.